The van der Waals surface area contributed by atoms with Crippen LogP contribution in [0.4, 0.5) is 5.82 Å². The summed E-state index contributed by atoms with van der Waals surface area (Å²) in [5.74, 6) is -0.321. The molecule has 4 aromatic rings. The van der Waals surface area contributed by atoms with Gasteiger partial charge in [-0.1, -0.05) is 11.3 Å². The van der Waals surface area contributed by atoms with Gasteiger partial charge in [0.05, 0.1) is 11.1 Å². The number of nitrogen functional groups attached to an aromatic ring is 1. The second-order valence-corrected chi connectivity index (χ2v) is 6.63. The summed E-state index contributed by atoms with van der Waals surface area (Å²) in [5.41, 5.74) is 9.58. The average molecular weight is 386 g/mol. The van der Waals surface area contributed by atoms with Crippen LogP contribution >= 0.6 is 22.7 Å². The lowest BCUT2D eigenvalue weighted by Crippen LogP contribution is -2.19. The molecule has 0 unspecified atom stereocenters. The molecule has 4 aromatic heterocycles. The number of carbonyl (C=O) groups is 1. The Kier molecular flexibility index (Phi) is 4.25. The van der Waals surface area contributed by atoms with Gasteiger partial charge in [-0.05, 0) is 38.6 Å². The van der Waals surface area contributed by atoms with Gasteiger partial charge in [0.2, 0.25) is 11.6 Å². The number of hydrogen-bond acceptors (Lipinski definition) is 10. The Bertz CT molecular complexity index is 1050. The molecular weight excluding hydrogens is 376 g/mol. The van der Waals surface area contributed by atoms with Crippen LogP contribution in [0.1, 0.15) is 16.1 Å². The Hall–Kier alpha value is -3.38. The van der Waals surface area contributed by atoms with Crippen molar-refractivity contribution >= 4 is 40.6 Å². The van der Waals surface area contributed by atoms with Gasteiger partial charge >= 0.3 is 0 Å². The molecule has 0 fully saturated rings. The van der Waals surface area contributed by atoms with E-state index in [9.17, 15) is 4.79 Å². The van der Waals surface area contributed by atoms with Gasteiger partial charge in [-0.3, -0.25) is 4.79 Å². The van der Waals surface area contributed by atoms with Gasteiger partial charge in [0, 0.05) is 5.56 Å². The maximum Gasteiger partial charge on any atom is 0.294 e. The number of nitrogens with two attached hydrogens (primary N) is 1. The third kappa shape index (κ3) is 2.98. The zero-order valence-electron chi connectivity index (χ0n) is 12.9. The molecule has 0 aliphatic heterocycles. The van der Waals surface area contributed by atoms with Crippen molar-refractivity contribution in [1.82, 2.24) is 30.7 Å². The normalized spacial score (nSPS) is 11.2. The van der Waals surface area contributed by atoms with Crippen LogP contribution in [0.15, 0.2) is 44.1 Å². The second kappa shape index (κ2) is 6.85. The number of hydrogen-bond donors (Lipinski definition) is 2. The van der Waals surface area contributed by atoms with Gasteiger partial charge < -0.3 is 5.73 Å². The molecule has 0 spiro atoms. The standard InChI is InChI=1S/C14H10N8O2S2/c15-12-13(20-24-19-12)22-11(9-2-1-4-26-9)10(17-21-22)14(23)18-16-6-8-3-5-25-7-8/h1-7H,(H2,15,19)(H,18,23)/b16-6-. The second-order valence-electron chi connectivity index (χ2n) is 4.90. The van der Waals surface area contributed by atoms with Gasteiger partial charge in [-0.25, -0.2) is 10.1 Å². The fraction of sp³-hybridized carbons (Fsp3) is 0. The molecule has 130 valence electrons. The molecule has 0 radical (unpaired) electrons. The number of nitrogens with one attached hydrogen (secondary N) is 1. The largest absolute Gasteiger partial charge is 0.378 e. The van der Waals surface area contributed by atoms with Crippen LogP contribution in [0.5, 0.6) is 0 Å². The SMILES string of the molecule is Nc1nonc1-n1nnc(C(=O)N/N=C\c2ccsc2)c1-c1cccs1. The zero-order chi connectivity index (χ0) is 17.9. The molecule has 10 nitrogen and oxygen atoms in total. The van der Waals surface area contributed by atoms with E-state index in [1.165, 1.54) is 27.4 Å². The van der Waals surface area contributed by atoms with Gasteiger partial charge in [-0.2, -0.15) is 21.1 Å². The molecule has 0 aliphatic carbocycles. The van der Waals surface area contributed by atoms with Crippen molar-refractivity contribution in [3.63, 3.8) is 0 Å². The third-order valence-electron chi connectivity index (χ3n) is 3.26. The highest BCUT2D eigenvalue weighted by Crippen LogP contribution is 2.29. The molecule has 0 saturated carbocycles. The molecule has 0 atom stereocenters. The van der Waals surface area contributed by atoms with E-state index in [2.05, 4.69) is 35.8 Å². The van der Waals surface area contributed by atoms with E-state index < -0.39 is 5.91 Å². The van der Waals surface area contributed by atoms with Crippen LogP contribution in [0.25, 0.3) is 16.4 Å². The summed E-state index contributed by atoms with van der Waals surface area (Å²) >= 11 is 2.95. The molecule has 0 saturated heterocycles. The summed E-state index contributed by atoms with van der Waals surface area (Å²) in [5, 5.41) is 24.8. The van der Waals surface area contributed by atoms with Crippen molar-refractivity contribution in [1.29, 1.82) is 0 Å². The number of thiophene rings is 2. The summed E-state index contributed by atoms with van der Waals surface area (Å²) < 4.78 is 5.93. The molecule has 4 rings (SSSR count). The number of anilines is 1. The first kappa shape index (κ1) is 16.1. The van der Waals surface area contributed by atoms with E-state index >= 15 is 0 Å². The van der Waals surface area contributed by atoms with Crippen molar-refractivity contribution in [3.05, 3.63) is 45.6 Å². The smallest absolute Gasteiger partial charge is 0.294 e. The van der Waals surface area contributed by atoms with Crippen LogP contribution in [0.3, 0.4) is 0 Å². The highest BCUT2D eigenvalue weighted by atomic mass is 32.1. The van der Waals surface area contributed by atoms with E-state index in [4.69, 9.17) is 5.73 Å². The lowest BCUT2D eigenvalue weighted by atomic mass is 10.2. The Labute approximate surface area is 153 Å². The van der Waals surface area contributed by atoms with Crippen LogP contribution in [0.2, 0.25) is 0 Å². The van der Waals surface area contributed by atoms with Gasteiger partial charge in [-0.15, -0.1) is 16.4 Å². The lowest BCUT2D eigenvalue weighted by molar-refractivity contribution is 0.0951. The summed E-state index contributed by atoms with van der Waals surface area (Å²) in [6, 6.07) is 5.56. The van der Waals surface area contributed by atoms with Gasteiger partial charge in [0.25, 0.3) is 5.91 Å². The monoisotopic (exact) mass is 386 g/mol. The molecule has 12 heteroatoms. The predicted octanol–water partition coefficient (Wildman–Crippen LogP) is 1.79. The molecule has 1 amide bonds. The van der Waals surface area contributed by atoms with Crippen molar-refractivity contribution in [3.8, 4) is 16.4 Å². The lowest BCUT2D eigenvalue weighted by Gasteiger charge is -2.02. The molecule has 0 aromatic carbocycles. The Morgan fingerprint density at radius 2 is 2.27 bits per heavy atom. The van der Waals surface area contributed by atoms with Gasteiger partial charge in [0.15, 0.2) is 5.69 Å². The molecular formula is C14H10N8O2S2. The average Bonchev–Trinajstić information content (AvgIpc) is 3.41. The minimum Gasteiger partial charge on any atom is -0.378 e. The maximum atomic E-state index is 12.5. The number of aromatic nitrogens is 5. The molecule has 26 heavy (non-hydrogen) atoms. The van der Waals surface area contributed by atoms with Crippen LogP contribution < -0.4 is 11.2 Å². The van der Waals surface area contributed by atoms with Crippen LogP contribution in [0, 0.1) is 0 Å². The summed E-state index contributed by atoms with van der Waals surface area (Å²) in [6.07, 6.45) is 1.54. The number of nitrogens with zero attached hydrogens (tertiary/aromatic N) is 6. The molecule has 4 heterocycles. The van der Waals surface area contributed by atoms with Gasteiger partial charge in [0.1, 0.15) is 5.69 Å². The topological polar surface area (TPSA) is 137 Å². The van der Waals surface area contributed by atoms with E-state index in [0.717, 1.165) is 10.4 Å². The quantitative estimate of drug-likeness (QED) is 0.394. The van der Waals surface area contributed by atoms with Crippen molar-refractivity contribution in [2.24, 2.45) is 5.10 Å². The highest BCUT2D eigenvalue weighted by molar-refractivity contribution is 7.13. The summed E-state index contributed by atoms with van der Waals surface area (Å²) in [6.45, 7) is 0. The number of hydrazone groups is 1. The van der Waals surface area contributed by atoms with E-state index in [-0.39, 0.29) is 17.3 Å². The Morgan fingerprint density at radius 1 is 1.35 bits per heavy atom. The van der Waals surface area contributed by atoms with Crippen molar-refractivity contribution < 1.29 is 9.42 Å². The fourth-order valence-electron chi connectivity index (χ4n) is 2.12. The van der Waals surface area contributed by atoms with E-state index in [1.54, 1.807) is 6.21 Å². The molecule has 0 bridgehead atoms. The third-order valence-corrected chi connectivity index (χ3v) is 4.84. The highest BCUT2D eigenvalue weighted by Gasteiger charge is 2.25. The Balaban J connectivity index is 1.69. The minimum atomic E-state index is -0.513. The minimum absolute atomic E-state index is 0.0372. The number of rotatable bonds is 5. The zero-order valence-corrected chi connectivity index (χ0v) is 14.6. The molecule has 3 N–H and O–H groups in total. The van der Waals surface area contributed by atoms with Crippen molar-refractivity contribution in [2.75, 3.05) is 5.73 Å². The first-order valence-corrected chi connectivity index (χ1v) is 9.00. The number of amides is 1. The first-order valence-electron chi connectivity index (χ1n) is 7.17. The summed E-state index contributed by atoms with van der Waals surface area (Å²) in [7, 11) is 0. The first-order chi connectivity index (χ1) is 12.7. The van der Waals surface area contributed by atoms with Crippen molar-refractivity contribution in [2.45, 2.75) is 0 Å². The fourth-order valence-corrected chi connectivity index (χ4v) is 3.49. The predicted molar refractivity (Wildman–Crippen MR) is 96.3 cm³/mol. The number of carbonyl (C=O) groups excluding carboxylic acids is 1. The summed E-state index contributed by atoms with van der Waals surface area (Å²) in [4.78, 5) is 13.3. The molecule has 0 aliphatic rings. The van der Waals surface area contributed by atoms with Crippen LogP contribution in [-0.4, -0.2) is 37.4 Å². The maximum absolute atomic E-state index is 12.5. The van der Waals surface area contributed by atoms with E-state index in [1.807, 2.05) is 34.3 Å². The van der Waals surface area contributed by atoms with E-state index in [0.29, 0.717) is 5.69 Å². The van der Waals surface area contributed by atoms with Crippen LogP contribution in [-0.2, 0) is 0 Å². The Morgan fingerprint density at radius 3 is 2.96 bits per heavy atom.